The second kappa shape index (κ2) is 12.4. The lowest BCUT2D eigenvalue weighted by molar-refractivity contribution is -0.143. The van der Waals surface area contributed by atoms with Crippen molar-refractivity contribution in [1.29, 1.82) is 0 Å². The van der Waals surface area contributed by atoms with Gasteiger partial charge in [-0.1, -0.05) is 62.2 Å². The minimum atomic E-state index is -0.196. The van der Waals surface area contributed by atoms with Gasteiger partial charge in [-0.25, -0.2) is 0 Å². The second-order valence-corrected chi connectivity index (χ2v) is 10.8. The van der Waals surface area contributed by atoms with E-state index in [-0.39, 0.29) is 24.4 Å². The Morgan fingerprint density at radius 1 is 1.14 bits per heavy atom. The van der Waals surface area contributed by atoms with Gasteiger partial charge in [-0.15, -0.1) is 11.3 Å². The molecule has 2 heterocycles. The fourth-order valence-electron chi connectivity index (χ4n) is 4.48. The van der Waals surface area contributed by atoms with Gasteiger partial charge in [0.1, 0.15) is 12.4 Å². The number of carbonyl (C=O) groups excluding carboxylic acids is 2. The lowest BCUT2D eigenvalue weighted by Gasteiger charge is -2.37. The third kappa shape index (κ3) is 6.68. The van der Waals surface area contributed by atoms with E-state index in [0.29, 0.717) is 42.8 Å². The molecule has 3 aromatic rings. The molecule has 2 atom stereocenters. The smallest absolute Gasteiger partial charge is 0.242 e. The van der Waals surface area contributed by atoms with Crippen molar-refractivity contribution in [2.75, 3.05) is 26.2 Å². The molecule has 7 heteroatoms. The highest BCUT2D eigenvalue weighted by Crippen LogP contribution is 2.34. The number of ether oxygens (including phenoxy) is 1. The second-order valence-electron chi connectivity index (χ2n) is 9.37. The standard InChI is InChI=1S/C29H33ClN2O3S/c1-3-21(2)18-31(28(33)17-22-7-5-4-6-8-22)19-29(34)32-15-13-27-25(14-16-36-27)26(32)20-35-24-11-9-23(30)10-12-24/h4-12,14,16,21,26H,3,13,15,17-20H2,1-2H3/t21-,26+/m1/s1. The summed E-state index contributed by atoms with van der Waals surface area (Å²) in [5.41, 5.74) is 2.09. The zero-order chi connectivity index (χ0) is 25.5. The van der Waals surface area contributed by atoms with Crippen LogP contribution in [0.4, 0.5) is 0 Å². The Bertz CT molecular complexity index is 1150. The molecule has 0 saturated carbocycles. The van der Waals surface area contributed by atoms with Crippen molar-refractivity contribution in [3.8, 4) is 5.75 Å². The first-order valence-electron chi connectivity index (χ1n) is 12.5. The van der Waals surface area contributed by atoms with Gasteiger partial charge in [-0.2, -0.15) is 0 Å². The fourth-order valence-corrected chi connectivity index (χ4v) is 5.53. The predicted molar refractivity (Wildman–Crippen MR) is 146 cm³/mol. The lowest BCUT2D eigenvalue weighted by Crippen LogP contribution is -2.48. The molecule has 1 aliphatic heterocycles. The largest absolute Gasteiger partial charge is 0.491 e. The molecule has 5 nitrogen and oxygen atoms in total. The molecule has 190 valence electrons. The maximum Gasteiger partial charge on any atom is 0.242 e. The van der Waals surface area contributed by atoms with E-state index in [2.05, 4.69) is 25.3 Å². The number of fused-ring (bicyclic) bond motifs is 1. The summed E-state index contributed by atoms with van der Waals surface area (Å²) in [6.45, 7) is 5.84. The third-order valence-corrected chi connectivity index (χ3v) is 7.99. The van der Waals surface area contributed by atoms with Crippen LogP contribution in [0.1, 0.15) is 42.3 Å². The van der Waals surface area contributed by atoms with Crippen LogP contribution in [0.25, 0.3) is 0 Å². The average Bonchev–Trinajstić information content (AvgIpc) is 3.37. The Labute approximate surface area is 222 Å². The van der Waals surface area contributed by atoms with Gasteiger partial charge >= 0.3 is 0 Å². The number of hydrogen-bond acceptors (Lipinski definition) is 4. The molecular weight excluding hydrogens is 492 g/mol. The number of amides is 2. The molecule has 1 aromatic heterocycles. The Morgan fingerprint density at radius 2 is 1.89 bits per heavy atom. The predicted octanol–water partition coefficient (Wildman–Crippen LogP) is 6.02. The van der Waals surface area contributed by atoms with Gasteiger partial charge in [0.15, 0.2) is 0 Å². The number of halogens is 1. The zero-order valence-electron chi connectivity index (χ0n) is 20.9. The first-order chi connectivity index (χ1) is 17.4. The highest BCUT2D eigenvalue weighted by Gasteiger charge is 2.33. The zero-order valence-corrected chi connectivity index (χ0v) is 22.4. The van der Waals surface area contributed by atoms with Crippen LogP contribution < -0.4 is 4.74 Å². The van der Waals surface area contributed by atoms with Gasteiger partial charge in [0, 0.05) is 23.0 Å². The summed E-state index contributed by atoms with van der Waals surface area (Å²) < 4.78 is 6.09. The summed E-state index contributed by atoms with van der Waals surface area (Å²) in [5.74, 6) is 0.968. The van der Waals surface area contributed by atoms with Crippen LogP contribution in [0.5, 0.6) is 5.75 Å². The van der Waals surface area contributed by atoms with Gasteiger partial charge in [-0.05, 0) is 59.2 Å². The van der Waals surface area contributed by atoms with Gasteiger partial charge in [0.2, 0.25) is 11.8 Å². The SMILES string of the molecule is CC[C@@H](C)CN(CC(=O)N1CCc2sccc2[C@@H]1COc1ccc(Cl)cc1)C(=O)Cc1ccccc1. The van der Waals surface area contributed by atoms with Crippen molar-refractivity contribution < 1.29 is 14.3 Å². The molecule has 0 aliphatic carbocycles. The Kier molecular flexibility index (Phi) is 9.05. The number of hydrogen-bond donors (Lipinski definition) is 0. The molecule has 4 rings (SSSR count). The van der Waals surface area contributed by atoms with Crippen molar-refractivity contribution in [2.24, 2.45) is 5.92 Å². The molecule has 0 unspecified atom stereocenters. The topological polar surface area (TPSA) is 49.9 Å². The van der Waals surface area contributed by atoms with E-state index in [0.717, 1.165) is 24.0 Å². The summed E-state index contributed by atoms with van der Waals surface area (Å²) in [6.07, 6.45) is 2.06. The molecule has 0 radical (unpaired) electrons. The third-order valence-electron chi connectivity index (χ3n) is 6.74. The van der Waals surface area contributed by atoms with E-state index in [1.807, 2.05) is 47.4 Å². The van der Waals surface area contributed by atoms with Crippen LogP contribution in [-0.4, -0.2) is 47.9 Å². The average molecular weight is 525 g/mol. The molecule has 0 fully saturated rings. The van der Waals surface area contributed by atoms with Crippen molar-refractivity contribution in [2.45, 2.75) is 39.2 Å². The lowest BCUT2D eigenvalue weighted by atomic mass is 10.00. The van der Waals surface area contributed by atoms with Crippen LogP contribution in [0.3, 0.4) is 0 Å². The van der Waals surface area contributed by atoms with Gasteiger partial charge in [-0.3, -0.25) is 9.59 Å². The minimum absolute atomic E-state index is 0.0166. The Morgan fingerprint density at radius 3 is 2.61 bits per heavy atom. The summed E-state index contributed by atoms with van der Waals surface area (Å²) in [5, 5.41) is 2.73. The number of rotatable bonds is 10. The summed E-state index contributed by atoms with van der Waals surface area (Å²) in [4.78, 5) is 31.9. The molecule has 0 N–H and O–H groups in total. The Hall–Kier alpha value is -2.83. The van der Waals surface area contributed by atoms with Crippen LogP contribution in [-0.2, 0) is 22.4 Å². The number of thiophene rings is 1. The van der Waals surface area contributed by atoms with E-state index < -0.39 is 0 Å². The van der Waals surface area contributed by atoms with Crippen molar-refractivity contribution >= 4 is 34.8 Å². The molecule has 2 amide bonds. The number of nitrogens with zero attached hydrogens (tertiary/aromatic N) is 2. The van der Waals surface area contributed by atoms with Crippen molar-refractivity contribution in [1.82, 2.24) is 9.80 Å². The van der Waals surface area contributed by atoms with E-state index in [9.17, 15) is 9.59 Å². The molecule has 0 bridgehead atoms. The minimum Gasteiger partial charge on any atom is -0.491 e. The van der Waals surface area contributed by atoms with Crippen molar-refractivity contribution in [3.05, 3.63) is 87.1 Å². The van der Waals surface area contributed by atoms with Gasteiger partial charge in [0.05, 0.1) is 19.0 Å². The van der Waals surface area contributed by atoms with Crippen LogP contribution in [0, 0.1) is 5.92 Å². The van der Waals surface area contributed by atoms with Crippen molar-refractivity contribution in [3.63, 3.8) is 0 Å². The van der Waals surface area contributed by atoms with Gasteiger partial charge in [0.25, 0.3) is 0 Å². The highest BCUT2D eigenvalue weighted by molar-refractivity contribution is 7.10. The molecule has 36 heavy (non-hydrogen) atoms. The molecule has 0 saturated heterocycles. The van der Waals surface area contributed by atoms with E-state index in [4.69, 9.17) is 16.3 Å². The fraction of sp³-hybridized carbons (Fsp3) is 0.379. The summed E-state index contributed by atoms with van der Waals surface area (Å²) in [7, 11) is 0. The first kappa shape index (κ1) is 26.2. The van der Waals surface area contributed by atoms with E-state index >= 15 is 0 Å². The summed E-state index contributed by atoms with van der Waals surface area (Å²) >= 11 is 7.73. The van der Waals surface area contributed by atoms with Crippen LogP contribution >= 0.6 is 22.9 Å². The molecule has 1 aliphatic rings. The number of benzene rings is 2. The maximum atomic E-state index is 13.7. The van der Waals surface area contributed by atoms with Crippen LogP contribution in [0.15, 0.2) is 66.0 Å². The molecular formula is C29H33ClN2O3S. The van der Waals surface area contributed by atoms with E-state index in [1.54, 1.807) is 28.4 Å². The van der Waals surface area contributed by atoms with Crippen LogP contribution in [0.2, 0.25) is 5.02 Å². The Balaban J connectivity index is 1.50. The monoisotopic (exact) mass is 524 g/mol. The summed E-state index contributed by atoms with van der Waals surface area (Å²) in [6, 6.07) is 18.9. The molecule has 0 spiro atoms. The number of carbonyl (C=O) groups is 2. The quantitative estimate of drug-likeness (QED) is 0.325. The molecule has 2 aromatic carbocycles. The normalized spacial score (nSPS) is 15.8. The van der Waals surface area contributed by atoms with Gasteiger partial charge < -0.3 is 14.5 Å². The van der Waals surface area contributed by atoms with E-state index in [1.165, 1.54) is 4.88 Å². The maximum absolute atomic E-state index is 13.7. The first-order valence-corrected chi connectivity index (χ1v) is 13.8. The highest BCUT2D eigenvalue weighted by atomic mass is 35.5.